The van der Waals surface area contributed by atoms with E-state index < -0.39 is 0 Å². The number of carbonyl (C=O) groups is 1. The van der Waals surface area contributed by atoms with Crippen LogP contribution in [-0.2, 0) is 17.9 Å². The third-order valence-corrected chi connectivity index (χ3v) is 8.26. The van der Waals surface area contributed by atoms with Crippen molar-refractivity contribution < 1.29 is 14.3 Å². The standard InChI is InChI=1S/C34H36N6O4/c1-4-40-32-29(30(37-40)24-13-9-6-10-14-24)33(41)36-31(35-32)27-16-15-26(21-28(27)43-3)39-19-17-25(18-20-39)38(2)34(42)44-22-23-11-7-5-8-12-23/h5-16,21,25H,4,17-20,22H2,1-3H3,(H,35,36,41). The molecular weight excluding hydrogens is 556 g/mol. The molecule has 0 spiro atoms. The Kier molecular flexibility index (Phi) is 8.31. The number of ether oxygens (including phenoxy) is 2. The number of H-pyrrole nitrogens is 1. The fourth-order valence-corrected chi connectivity index (χ4v) is 5.78. The Bertz CT molecular complexity index is 1810. The monoisotopic (exact) mass is 592 g/mol. The molecule has 1 amide bonds. The lowest BCUT2D eigenvalue weighted by atomic mass is 10.0. The highest BCUT2D eigenvalue weighted by Crippen LogP contribution is 2.34. The fraction of sp³-hybridized carbons (Fsp3) is 0.294. The number of hydrogen-bond donors (Lipinski definition) is 1. The lowest BCUT2D eigenvalue weighted by molar-refractivity contribution is 0.0862. The van der Waals surface area contributed by atoms with Gasteiger partial charge in [-0.3, -0.25) is 4.79 Å². The van der Waals surface area contributed by atoms with Crippen molar-refractivity contribution in [3.05, 3.63) is 94.8 Å². The molecule has 10 heteroatoms. The number of benzene rings is 3. The Balaban J connectivity index is 1.18. The van der Waals surface area contributed by atoms with Gasteiger partial charge in [-0.15, -0.1) is 0 Å². The summed E-state index contributed by atoms with van der Waals surface area (Å²) >= 11 is 0. The van der Waals surface area contributed by atoms with E-state index in [1.807, 2.05) is 92.8 Å². The molecule has 0 radical (unpaired) electrons. The summed E-state index contributed by atoms with van der Waals surface area (Å²) in [6.45, 7) is 4.38. The van der Waals surface area contributed by atoms with Crippen molar-refractivity contribution in [3.63, 3.8) is 0 Å². The van der Waals surface area contributed by atoms with E-state index in [9.17, 15) is 9.59 Å². The zero-order valence-corrected chi connectivity index (χ0v) is 25.2. The minimum Gasteiger partial charge on any atom is -0.496 e. The number of hydrogen-bond acceptors (Lipinski definition) is 7. The number of piperidine rings is 1. The number of carbonyl (C=O) groups excluding carboxylic acids is 1. The van der Waals surface area contributed by atoms with Crippen molar-refractivity contribution in [3.8, 4) is 28.4 Å². The number of rotatable bonds is 8. The Labute approximate surface area is 255 Å². The van der Waals surface area contributed by atoms with Crippen LogP contribution in [0.4, 0.5) is 10.5 Å². The van der Waals surface area contributed by atoms with Crippen LogP contribution in [0.5, 0.6) is 5.75 Å². The van der Waals surface area contributed by atoms with Crippen LogP contribution in [-0.4, -0.2) is 64.0 Å². The number of fused-ring (bicyclic) bond motifs is 1. The van der Waals surface area contributed by atoms with Crippen LogP contribution in [0.2, 0.25) is 0 Å². The van der Waals surface area contributed by atoms with E-state index in [1.165, 1.54) is 0 Å². The minimum absolute atomic E-state index is 0.0980. The van der Waals surface area contributed by atoms with Crippen LogP contribution in [0.25, 0.3) is 33.7 Å². The third-order valence-electron chi connectivity index (χ3n) is 8.26. The van der Waals surface area contributed by atoms with Crippen molar-refractivity contribution in [2.24, 2.45) is 0 Å². The Morgan fingerprint density at radius 2 is 1.73 bits per heavy atom. The molecule has 3 aromatic carbocycles. The first-order valence-corrected chi connectivity index (χ1v) is 14.9. The van der Waals surface area contributed by atoms with Crippen LogP contribution in [0.3, 0.4) is 0 Å². The molecule has 1 aliphatic rings. The van der Waals surface area contributed by atoms with E-state index in [-0.39, 0.29) is 24.3 Å². The first-order chi connectivity index (χ1) is 21.5. The van der Waals surface area contributed by atoms with Gasteiger partial charge in [-0.05, 0) is 37.5 Å². The molecule has 2 aromatic heterocycles. The van der Waals surface area contributed by atoms with Gasteiger partial charge in [0, 0.05) is 50.0 Å². The number of amides is 1. The molecule has 0 aliphatic carbocycles. The van der Waals surface area contributed by atoms with Gasteiger partial charge in [0.25, 0.3) is 5.56 Å². The molecule has 10 nitrogen and oxygen atoms in total. The van der Waals surface area contributed by atoms with Crippen LogP contribution < -0.4 is 15.2 Å². The van der Waals surface area contributed by atoms with Crippen LogP contribution in [0, 0.1) is 0 Å². The van der Waals surface area contributed by atoms with E-state index >= 15 is 0 Å². The van der Waals surface area contributed by atoms with Crippen molar-refractivity contribution in [2.45, 2.75) is 39.0 Å². The minimum atomic E-state index is -0.308. The number of nitrogens with zero attached hydrogens (tertiary/aromatic N) is 5. The largest absolute Gasteiger partial charge is 0.496 e. The Hall–Kier alpha value is -5.12. The summed E-state index contributed by atoms with van der Waals surface area (Å²) in [7, 11) is 3.43. The third kappa shape index (κ3) is 5.75. The quantitative estimate of drug-likeness (QED) is 0.246. The number of anilines is 1. The lowest BCUT2D eigenvalue weighted by Crippen LogP contribution is -2.45. The summed E-state index contributed by atoms with van der Waals surface area (Å²) in [6.07, 6.45) is 1.33. The Morgan fingerprint density at radius 3 is 2.41 bits per heavy atom. The number of aryl methyl sites for hydroxylation is 1. The zero-order valence-electron chi connectivity index (χ0n) is 25.2. The molecule has 5 aromatic rings. The first-order valence-electron chi connectivity index (χ1n) is 14.9. The molecule has 6 rings (SSSR count). The predicted molar refractivity (Wildman–Crippen MR) is 171 cm³/mol. The molecule has 0 bridgehead atoms. The molecule has 1 saturated heterocycles. The normalized spacial score (nSPS) is 13.7. The highest BCUT2D eigenvalue weighted by atomic mass is 16.6. The molecular formula is C34H36N6O4. The average molecular weight is 593 g/mol. The smallest absolute Gasteiger partial charge is 0.410 e. The second kappa shape index (κ2) is 12.6. The molecule has 0 atom stereocenters. The first kappa shape index (κ1) is 29.0. The van der Waals surface area contributed by atoms with Gasteiger partial charge in [0.05, 0.1) is 12.7 Å². The van der Waals surface area contributed by atoms with Crippen LogP contribution >= 0.6 is 0 Å². The average Bonchev–Trinajstić information content (AvgIpc) is 3.47. The number of methoxy groups -OCH3 is 1. The van der Waals surface area contributed by atoms with E-state index in [1.54, 1.807) is 16.7 Å². The maximum Gasteiger partial charge on any atom is 0.410 e. The van der Waals surface area contributed by atoms with Gasteiger partial charge in [-0.1, -0.05) is 60.7 Å². The van der Waals surface area contributed by atoms with Gasteiger partial charge in [-0.2, -0.15) is 5.10 Å². The second-order valence-electron chi connectivity index (χ2n) is 10.9. The van der Waals surface area contributed by atoms with Gasteiger partial charge < -0.3 is 24.3 Å². The molecule has 226 valence electrons. The molecule has 1 fully saturated rings. The predicted octanol–water partition coefficient (Wildman–Crippen LogP) is 5.72. The van der Waals surface area contributed by atoms with Gasteiger partial charge in [0.1, 0.15) is 29.3 Å². The Morgan fingerprint density at radius 1 is 1.02 bits per heavy atom. The summed E-state index contributed by atoms with van der Waals surface area (Å²) < 4.78 is 13.1. The molecule has 0 unspecified atom stereocenters. The van der Waals surface area contributed by atoms with E-state index in [0.717, 1.165) is 42.7 Å². The van der Waals surface area contributed by atoms with E-state index in [2.05, 4.69) is 9.88 Å². The number of aromatic nitrogens is 4. The summed E-state index contributed by atoms with van der Waals surface area (Å²) in [5.41, 5.74) is 4.43. The molecule has 1 N–H and O–H groups in total. The highest BCUT2D eigenvalue weighted by Gasteiger charge is 2.27. The molecule has 44 heavy (non-hydrogen) atoms. The molecule has 0 saturated carbocycles. The van der Waals surface area contributed by atoms with Gasteiger partial charge in [0.2, 0.25) is 0 Å². The molecule has 1 aliphatic heterocycles. The maximum atomic E-state index is 13.4. The van der Waals surface area contributed by atoms with Gasteiger partial charge in [0.15, 0.2) is 5.65 Å². The van der Waals surface area contributed by atoms with Crippen LogP contribution in [0.15, 0.2) is 83.7 Å². The highest BCUT2D eigenvalue weighted by molar-refractivity contribution is 5.91. The van der Waals surface area contributed by atoms with Crippen molar-refractivity contribution in [1.82, 2.24) is 24.6 Å². The maximum absolute atomic E-state index is 13.4. The van der Waals surface area contributed by atoms with E-state index in [4.69, 9.17) is 19.6 Å². The lowest BCUT2D eigenvalue weighted by Gasteiger charge is -2.37. The SMILES string of the molecule is CCn1nc(-c2ccccc2)c2c(=O)[nH]c(-c3ccc(N4CCC(N(C)C(=O)OCc5ccccc5)CC4)cc3OC)nc21. The number of nitrogens with one attached hydrogen (secondary N) is 1. The summed E-state index contributed by atoms with van der Waals surface area (Å²) in [5.74, 6) is 1.04. The summed E-state index contributed by atoms with van der Waals surface area (Å²) in [6, 6.07) is 25.4. The topological polar surface area (TPSA) is 106 Å². The summed E-state index contributed by atoms with van der Waals surface area (Å²) in [4.78, 5) is 37.9. The fourth-order valence-electron chi connectivity index (χ4n) is 5.78. The van der Waals surface area contributed by atoms with Gasteiger partial charge in [-0.25, -0.2) is 14.5 Å². The zero-order chi connectivity index (χ0) is 30.6. The van der Waals surface area contributed by atoms with Crippen LogP contribution in [0.1, 0.15) is 25.3 Å². The van der Waals surface area contributed by atoms with E-state index in [0.29, 0.717) is 40.4 Å². The summed E-state index contributed by atoms with van der Waals surface area (Å²) in [5, 5.41) is 5.18. The van der Waals surface area contributed by atoms with Crippen molar-refractivity contribution >= 4 is 22.8 Å². The number of aromatic amines is 1. The van der Waals surface area contributed by atoms with Gasteiger partial charge >= 0.3 is 6.09 Å². The van der Waals surface area contributed by atoms with Crippen molar-refractivity contribution in [2.75, 3.05) is 32.1 Å². The second-order valence-corrected chi connectivity index (χ2v) is 10.9. The van der Waals surface area contributed by atoms with Crippen molar-refractivity contribution in [1.29, 1.82) is 0 Å². The molecule has 3 heterocycles.